The van der Waals surface area contributed by atoms with E-state index >= 15 is 0 Å². The summed E-state index contributed by atoms with van der Waals surface area (Å²) in [5, 5.41) is 11.2. The van der Waals surface area contributed by atoms with Gasteiger partial charge in [-0.15, -0.1) is 0 Å². The highest BCUT2D eigenvalue weighted by molar-refractivity contribution is 6.51. The molecule has 8 heteroatoms. The monoisotopic (exact) mass is 415 g/mol. The molecule has 2 aromatic heterocycles. The highest BCUT2D eigenvalue weighted by Gasteiger charge is 2.47. The predicted molar refractivity (Wildman–Crippen MR) is 111 cm³/mol. The van der Waals surface area contributed by atoms with E-state index < -0.39 is 17.7 Å². The van der Waals surface area contributed by atoms with Crippen LogP contribution >= 0.6 is 0 Å². The highest BCUT2D eigenvalue weighted by atomic mass is 16.6. The molecule has 31 heavy (non-hydrogen) atoms. The molecular weight excluding hydrogens is 398 g/mol. The maximum Gasteiger partial charge on any atom is 0.301 e. The van der Waals surface area contributed by atoms with Crippen molar-refractivity contribution in [1.82, 2.24) is 9.97 Å². The molecule has 0 spiro atoms. The molecule has 2 aliphatic heterocycles. The Morgan fingerprint density at radius 3 is 2.48 bits per heavy atom. The smallest absolute Gasteiger partial charge is 0.301 e. The number of carbonyl (C=O) groups excluding carboxylic acids is 2. The summed E-state index contributed by atoms with van der Waals surface area (Å²) in [6, 6.07) is 12.5. The minimum absolute atomic E-state index is 0.0291. The van der Waals surface area contributed by atoms with Gasteiger partial charge in [-0.25, -0.2) is 4.98 Å². The molecule has 1 saturated heterocycles. The summed E-state index contributed by atoms with van der Waals surface area (Å²) in [6.07, 6.45) is 4.68. The first-order chi connectivity index (χ1) is 15.1. The number of aromatic nitrogens is 2. The second-order valence-corrected chi connectivity index (χ2v) is 7.00. The van der Waals surface area contributed by atoms with Crippen LogP contribution in [-0.4, -0.2) is 40.0 Å². The van der Waals surface area contributed by atoms with Gasteiger partial charge < -0.3 is 14.6 Å². The van der Waals surface area contributed by atoms with Gasteiger partial charge in [0.05, 0.1) is 11.6 Å². The van der Waals surface area contributed by atoms with E-state index in [1.54, 1.807) is 67.1 Å². The normalized spacial score (nSPS) is 19.5. The van der Waals surface area contributed by atoms with Crippen LogP contribution in [0.4, 0.5) is 5.82 Å². The largest absolute Gasteiger partial charge is 0.507 e. The van der Waals surface area contributed by atoms with Gasteiger partial charge in [-0.05, 0) is 48.0 Å². The maximum atomic E-state index is 13.1. The zero-order valence-electron chi connectivity index (χ0n) is 16.3. The predicted octanol–water partition coefficient (Wildman–Crippen LogP) is 2.87. The Labute approximate surface area is 177 Å². The molecule has 1 aromatic carbocycles. The number of nitrogens with zero attached hydrogens (tertiary/aromatic N) is 3. The van der Waals surface area contributed by atoms with Crippen molar-refractivity contribution in [3.05, 3.63) is 83.8 Å². The summed E-state index contributed by atoms with van der Waals surface area (Å²) in [4.78, 5) is 35.6. The number of hydrogen-bond acceptors (Lipinski definition) is 7. The van der Waals surface area contributed by atoms with Crippen LogP contribution in [0.5, 0.6) is 11.5 Å². The molecule has 1 amide bonds. The molecule has 154 valence electrons. The van der Waals surface area contributed by atoms with Crippen LogP contribution in [0.1, 0.15) is 17.2 Å². The number of benzene rings is 1. The highest BCUT2D eigenvalue weighted by Crippen LogP contribution is 2.42. The summed E-state index contributed by atoms with van der Waals surface area (Å²) in [5.41, 5.74) is 0.944. The lowest BCUT2D eigenvalue weighted by Gasteiger charge is -2.24. The molecule has 0 radical (unpaired) electrons. The van der Waals surface area contributed by atoms with Crippen LogP contribution in [0, 0.1) is 0 Å². The first-order valence-corrected chi connectivity index (χ1v) is 9.67. The number of fused-ring (bicyclic) bond motifs is 1. The van der Waals surface area contributed by atoms with Crippen LogP contribution in [0.25, 0.3) is 5.76 Å². The van der Waals surface area contributed by atoms with Gasteiger partial charge in [-0.2, -0.15) is 0 Å². The molecule has 1 atom stereocenters. The fraction of sp³-hybridized carbons (Fsp3) is 0.130. The molecule has 2 aliphatic rings. The summed E-state index contributed by atoms with van der Waals surface area (Å²) >= 11 is 0. The molecule has 1 unspecified atom stereocenters. The molecule has 1 fully saturated rings. The molecule has 0 bridgehead atoms. The van der Waals surface area contributed by atoms with Crippen molar-refractivity contribution < 1.29 is 24.2 Å². The van der Waals surface area contributed by atoms with Gasteiger partial charge >= 0.3 is 5.91 Å². The first-order valence-electron chi connectivity index (χ1n) is 9.67. The number of rotatable bonds is 3. The van der Waals surface area contributed by atoms with E-state index in [1.807, 2.05) is 0 Å². The standard InChI is InChI=1S/C23H17N3O5/c27-21(15-4-5-16-17(13-15)31-12-11-30-16)19-20(14-6-9-24-10-7-14)26(23(29)22(19)28)18-3-1-2-8-25-18/h1-10,13,20,27H,11-12H2. The molecule has 4 heterocycles. The van der Waals surface area contributed by atoms with Gasteiger partial charge in [-0.1, -0.05) is 6.07 Å². The number of ketones is 1. The zero-order chi connectivity index (χ0) is 21.4. The van der Waals surface area contributed by atoms with E-state index in [2.05, 4.69) is 9.97 Å². The van der Waals surface area contributed by atoms with Gasteiger partial charge in [0.2, 0.25) is 0 Å². The number of aliphatic hydroxyl groups excluding tert-OH is 1. The van der Waals surface area contributed by atoms with Crippen molar-refractivity contribution in [1.29, 1.82) is 0 Å². The fourth-order valence-electron chi connectivity index (χ4n) is 3.77. The number of ether oxygens (including phenoxy) is 2. The maximum absolute atomic E-state index is 13.1. The molecule has 8 nitrogen and oxygen atoms in total. The third kappa shape index (κ3) is 3.18. The number of Topliss-reactive ketones (excluding diaryl/α,β-unsaturated/α-hetero) is 1. The average Bonchev–Trinajstić information content (AvgIpc) is 3.10. The summed E-state index contributed by atoms with van der Waals surface area (Å²) in [5.74, 6) is -0.514. The summed E-state index contributed by atoms with van der Waals surface area (Å²) < 4.78 is 11.1. The van der Waals surface area contributed by atoms with Gasteiger partial charge in [0.1, 0.15) is 24.8 Å². The van der Waals surface area contributed by atoms with E-state index in [1.165, 1.54) is 4.90 Å². The van der Waals surface area contributed by atoms with Crippen molar-refractivity contribution in [3.63, 3.8) is 0 Å². The van der Waals surface area contributed by atoms with E-state index in [4.69, 9.17) is 9.47 Å². The quantitative estimate of drug-likeness (QED) is 0.399. The van der Waals surface area contributed by atoms with E-state index in [9.17, 15) is 14.7 Å². The van der Waals surface area contributed by atoms with Crippen molar-refractivity contribution >= 4 is 23.3 Å². The van der Waals surface area contributed by atoms with Gasteiger partial charge in [0.25, 0.3) is 5.78 Å². The Bertz CT molecular complexity index is 1190. The zero-order valence-corrected chi connectivity index (χ0v) is 16.3. The number of carbonyl (C=O) groups is 2. The lowest BCUT2D eigenvalue weighted by Crippen LogP contribution is -2.30. The number of anilines is 1. The fourth-order valence-corrected chi connectivity index (χ4v) is 3.77. The molecule has 3 aromatic rings. The molecule has 1 N–H and O–H groups in total. The number of hydrogen-bond donors (Lipinski definition) is 1. The molecular formula is C23H17N3O5. The summed E-state index contributed by atoms with van der Waals surface area (Å²) in [6.45, 7) is 0.827. The first kappa shape index (κ1) is 18.8. The minimum Gasteiger partial charge on any atom is -0.507 e. The number of amides is 1. The molecule has 0 aliphatic carbocycles. The van der Waals surface area contributed by atoms with Crippen LogP contribution in [0.2, 0.25) is 0 Å². The van der Waals surface area contributed by atoms with Crippen LogP contribution in [-0.2, 0) is 9.59 Å². The molecule has 5 rings (SSSR count). The van der Waals surface area contributed by atoms with Crippen LogP contribution in [0.3, 0.4) is 0 Å². The Morgan fingerprint density at radius 2 is 1.74 bits per heavy atom. The van der Waals surface area contributed by atoms with Crippen molar-refractivity contribution in [2.45, 2.75) is 6.04 Å². The van der Waals surface area contributed by atoms with Gasteiger partial charge in [0.15, 0.2) is 11.5 Å². The Balaban J connectivity index is 1.69. The van der Waals surface area contributed by atoms with Gasteiger partial charge in [-0.3, -0.25) is 19.5 Å². The Hall–Kier alpha value is -4.20. The van der Waals surface area contributed by atoms with Crippen LogP contribution in [0.15, 0.2) is 72.7 Å². The third-order valence-electron chi connectivity index (χ3n) is 5.18. The third-order valence-corrected chi connectivity index (χ3v) is 5.18. The van der Waals surface area contributed by atoms with Crippen molar-refractivity contribution in [2.24, 2.45) is 0 Å². The second kappa shape index (κ2) is 7.56. The number of aliphatic hydroxyl groups is 1. The van der Waals surface area contributed by atoms with Crippen molar-refractivity contribution in [2.75, 3.05) is 18.1 Å². The minimum atomic E-state index is -0.855. The van der Waals surface area contributed by atoms with E-state index in [-0.39, 0.29) is 11.3 Å². The van der Waals surface area contributed by atoms with Crippen molar-refractivity contribution in [3.8, 4) is 11.5 Å². The Kier molecular flexibility index (Phi) is 4.59. The number of pyridine rings is 2. The van der Waals surface area contributed by atoms with E-state index in [0.29, 0.717) is 41.7 Å². The average molecular weight is 415 g/mol. The summed E-state index contributed by atoms with van der Waals surface area (Å²) in [7, 11) is 0. The Morgan fingerprint density at radius 1 is 0.968 bits per heavy atom. The SMILES string of the molecule is O=C1C(=O)N(c2ccccn2)C(c2ccncc2)C1=C(O)c1ccc2c(c1)OCCO2. The second-order valence-electron chi connectivity index (χ2n) is 7.00. The van der Waals surface area contributed by atoms with Gasteiger partial charge in [0, 0.05) is 24.2 Å². The lowest BCUT2D eigenvalue weighted by molar-refractivity contribution is -0.132. The van der Waals surface area contributed by atoms with E-state index in [0.717, 1.165) is 0 Å². The molecule has 0 saturated carbocycles. The topological polar surface area (TPSA) is 102 Å². The lowest BCUT2D eigenvalue weighted by atomic mass is 9.96. The van der Waals surface area contributed by atoms with Crippen LogP contribution < -0.4 is 14.4 Å².